The third kappa shape index (κ3) is 4.37. The molecule has 27 heavy (non-hydrogen) atoms. The molecule has 0 fully saturated rings. The molecule has 4 aromatic rings. The zero-order valence-electron chi connectivity index (χ0n) is 14.8. The zero-order valence-corrected chi connectivity index (χ0v) is 17.2. The summed E-state index contributed by atoms with van der Waals surface area (Å²) in [4.78, 5) is 2.38. The van der Waals surface area contributed by atoms with Gasteiger partial charge >= 0.3 is 0 Å². The van der Waals surface area contributed by atoms with Crippen LogP contribution in [0.4, 0.5) is 10.8 Å². The van der Waals surface area contributed by atoms with Gasteiger partial charge in [0.1, 0.15) is 0 Å². The monoisotopic (exact) mass is 415 g/mol. The van der Waals surface area contributed by atoms with E-state index < -0.39 is 0 Å². The highest BCUT2D eigenvalue weighted by atomic mass is 32.2. The maximum absolute atomic E-state index is 5.81. The van der Waals surface area contributed by atoms with Crippen molar-refractivity contribution < 1.29 is 4.42 Å². The lowest BCUT2D eigenvalue weighted by Gasteiger charge is -1.99. The standard InChI is InChI=1S/C18H17N5OS3/c1-3-13-11(2)9-14(26-13)16-21-20-15(24-16)10-25-18-23-22-17(27-18)19-12-7-5-4-6-8-12/h4-9H,3,10H2,1-2H3,(H,19,22). The van der Waals surface area contributed by atoms with E-state index in [4.69, 9.17) is 4.42 Å². The molecule has 1 aromatic carbocycles. The first-order valence-electron chi connectivity index (χ1n) is 8.41. The van der Waals surface area contributed by atoms with Crippen molar-refractivity contribution in [3.8, 4) is 10.8 Å². The van der Waals surface area contributed by atoms with E-state index in [1.807, 2.05) is 30.3 Å². The first-order chi connectivity index (χ1) is 13.2. The minimum absolute atomic E-state index is 0.567. The van der Waals surface area contributed by atoms with E-state index in [2.05, 4.69) is 45.6 Å². The van der Waals surface area contributed by atoms with E-state index in [0.29, 0.717) is 17.5 Å². The number of nitrogens with zero attached hydrogens (tertiary/aromatic N) is 4. The van der Waals surface area contributed by atoms with Gasteiger partial charge in [-0.1, -0.05) is 48.2 Å². The second-order valence-electron chi connectivity index (χ2n) is 5.72. The van der Waals surface area contributed by atoms with Gasteiger partial charge in [0.2, 0.25) is 11.0 Å². The molecule has 6 nitrogen and oxygen atoms in total. The number of thioether (sulfide) groups is 1. The molecule has 0 aliphatic carbocycles. The molecule has 0 radical (unpaired) electrons. The maximum atomic E-state index is 5.81. The molecule has 0 unspecified atom stereocenters. The van der Waals surface area contributed by atoms with Crippen LogP contribution in [0.1, 0.15) is 23.3 Å². The molecule has 0 amide bonds. The Morgan fingerprint density at radius 1 is 1.07 bits per heavy atom. The Kier molecular flexibility index (Phi) is 5.51. The summed E-state index contributed by atoms with van der Waals surface area (Å²) in [5.41, 5.74) is 2.27. The van der Waals surface area contributed by atoms with Gasteiger partial charge in [0.05, 0.1) is 10.6 Å². The van der Waals surface area contributed by atoms with Crippen LogP contribution in [-0.4, -0.2) is 20.4 Å². The molecule has 0 saturated carbocycles. The molecule has 138 valence electrons. The second kappa shape index (κ2) is 8.20. The fourth-order valence-corrected chi connectivity index (χ4v) is 5.12. The summed E-state index contributed by atoms with van der Waals surface area (Å²) in [6, 6.07) is 12.0. The van der Waals surface area contributed by atoms with Crippen molar-refractivity contribution in [2.75, 3.05) is 5.32 Å². The average Bonchev–Trinajstić information content (AvgIpc) is 3.40. The molecule has 0 atom stereocenters. The van der Waals surface area contributed by atoms with Gasteiger partial charge in [-0.25, -0.2) is 0 Å². The minimum atomic E-state index is 0.567. The number of rotatable bonds is 7. The van der Waals surface area contributed by atoms with E-state index in [1.165, 1.54) is 33.5 Å². The molecular formula is C18H17N5OS3. The van der Waals surface area contributed by atoms with E-state index in [0.717, 1.165) is 26.5 Å². The predicted molar refractivity (Wildman–Crippen MR) is 111 cm³/mol. The van der Waals surface area contributed by atoms with E-state index in [9.17, 15) is 0 Å². The fraction of sp³-hybridized carbons (Fsp3) is 0.222. The quantitative estimate of drug-likeness (QED) is 0.396. The molecule has 0 saturated heterocycles. The van der Waals surface area contributed by atoms with Crippen LogP contribution >= 0.6 is 34.4 Å². The Morgan fingerprint density at radius 2 is 1.93 bits per heavy atom. The van der Waals surface area contributed by atoms with Crippen molar-refractivity contribution in [2.24, 2.45) is 0 Å². The number of hydrogen-bond donors (Lipinski definition) is 1. The van der Waals surface area contributed by atoms with E-state index >= 15 is 0 Å². The van der Waals surface area contributed by atoms with Gasteiger partial charge in [-0.15, -0.1) is 31.7 Å². The number of aromatic nitrogens is 4. The Labute approximate surface area is 169 Å². The summed E-state index contributed by atoms with van der Waals surface area (Å²) < 4.78 is 6.67. The van der Waals surface area contributed by atoms with Gasteiger partial charge in [0.25, 0.3) is 5.89 Å². The van der Waals surface area contributed by atoms with Crippen molar-refractivity contribution in [3.63, 3.8) is 0 Å². The van der Waals surface area contributed by atoms with Gasteiger partial charge in [-0.3, -0.25) is 0 Å². The molecule has 0 spiro atoms. The van der Waals surface area contributed by atoms with Crippen molar-refractivity contribution in [2.45, 2.75) is 30.4 Å². The van der Waals surface area contributed by atoms with Gasteiger partial charge in [0, 0.05) is 10.6 Å². The minimum Gasteiger partial charge on any atom is -0.419 e. The summed E-state index contributed by atoms with van der Waals surface area (Å²) in [6.45, 7) is 4.27. The van der Waals surface area contributed by atoms with Crippen LogP contribution in [0.3, 0.4) is 0 Å². The lowest BCUT2D eigenvalue weighted by molar-refractivity contribution is 0.529. The van der Waals surface area contributed by atoms with Gasteiger partial charge < -0.3 is 9.73 Å². The molecule has 0 aliphatic heterocycles. The molecule has 3 aromatic heterocycles. The van der Waals surface area contributed by atoms with E-state index in [1.54, 1.807) is 11.3 Å². The van der Waals surface area contributed by atoms with Crippen LogP contribution in [0.5, 0.6) is 0 Å². The Bertz CT molecular complexity index is 1020. The smallest absolute Gasteiger partial charge is 0.257 e. The maximum Gasteiger partial charge on any atom is 0.257 e. The molecule has 4 rings (SSSR count). The van der Waals surface area contributed by atoms with Crippen LogP contribution < -0.4 is 5.32 Å². The molecule has 3 heterocycles. The summed E-state index contributed by atoms with van der Waals surface area (Å²) in [5, 5.41) is 20.7. The van der Waals surface area contributed by atoms with Crippen LogP contribution in [0.2, 0.25) is 0 Å². The number of benzene rings is 1. The number of thiophene rings is 1. The van der Waals surface area contributed by atoms with Crippen LogP contribution in [0, 0.1) is 6.92 Å². The third-order valence-corrected chi connectivity index (χ3v) is 7.10. The average molecular weight is 416 g/mol. The topological polar surface area (TPSA) is 76.7 Å². The lowest BCUT2D eigenvalue weighted by Crippen LogP contribution is -1.87. The SMILES string of the molecule is CCc1sc(-c2nnc(CSc3nnc(Nc4ccccc4)s3)o2)cc1C. The van der Waals surface area contributed by atoms with Crippen molar-refractivity contribution in [3.05, 3.63) is 52.7 Å². The summed E-state index contributed by atoms with van der Waals surface area (Å²) in [5.74, 6) is 1.74. The highest BCUT2D eigenvalue weighted by molar-refractivity contribution is 8.00. The number of para-hydroxylation sites is 1. The van der Waals surface area contributed by atoms with Crippen LogP contribution in [0.15, 0.2) is 45.2 Å². The fourth-order valence-electron chi connectivity index (χ4n) is 2.47. The Hall–Kier alpha value is -2.23. The van der Waals surface area contributed by atoms with E-state index in [-0.39, 0.29) is 0 Å². The van der Waals surface area contributed by atoms with Crippen LogP contribution in [0.25, 0.3) is 10.8 Å². The first kappa shape index (κ1) is 18.1. The van der Waals surface area contributed by atoms with Crippen molar-refractivity contribution in [1.82, 2.24) is 20.4 Å². The zero-order chi connectivity index (χ0) is 18.6. The number of hydrogen-bond acceptors (Lipinski definition) is 9. The van der Waals surface area contributed by atoms with Crippen LogP contribution in [-0.2, 0) is 12.2 Å². The largest absolute Gasteiger partial charge is 0.419 e. The second-order valence-corrected chi connectivity index (χ2v) is 9.06. The first-order valence-corrected chi connectivity index (χ1v) is 11.0. The Morgan fingerprint density at radius 3 is 2.70 bits per heavy atom. The molecule has 0 bridgehead atoms. The normalized spacial score (nSPS) is 11.0. The summed E-state index contributed by atoms with van der Waals surface area (Å²) in [7, 11) is 0. The highest BCUT2D eigenvalue weighted by Gasteiger charge is 2.14. The Balaban J connectivity index is 1.37. The summed E-state index contributed by atoms with van der Waals surface area (Å²) >= 11 is 4.75. The number of aryl methyl sites for hydroxylation is 2. The van der Waals surface area contributed by atoms with Gasteiger partial charge in [-0.2, -0.15) is 0 Å². The molecular weight excluding hydrogens is 398 g/mol. The number of nitrogens with one attached hydrogen (secondary N) is 1. The molecule has 1 N–H and O–H groups in total. The lowest BCUT2D eigenvalue weighted by atomic mass is 10.2. The molecule has 0 aliphatic rings. The van der Waals surface area contributed by atoms with Crippen molar-refractivity contribution in [1.29, 1.82) is 0 Å². The number of anilines is 2. The molecule has 9 heteroatoms. The predicted octanol–water partition coefficient (Wildman–Crippen LogP) is 5.56. The highest BCUT2D eigenvalue weighted by Crippen LogP contribution is 2.33. The van der Waals surface area contributed by atoms with Crippen molar-refractivity contribution >= 4 is 45.3 Å². The summed E-state index contributed by atoms with van der Waals surface area (Å²) in [6.07, 6.45) is 1.02. The third-order valence-electron chi connectivity index (χ3n) is 3.77. The van der Waals surface area contributed by atoms with Gasteiger partial charge in [-0.05, 0) is 37.1 Å². The van der Waals surface area contributed by atoms with Gasteiger partial charge in [0.15, 0.2) is 4.34 Å².